The lowest BCUT2D eigenvalue weighted by Gasteiger charge is -2.33. The number of ketones is 1. The average Bonchev–Trinajstić information content (AvgIpc) is 2.83. The second kappa shape index (κ2) is 17.9. The van der Waals surface area contributed by atoms with Crippen LogP contribution in [0.4, 0.5) is 4.79 Å². The van der Waals surface area contributed by atoms with Crippen LogP contribution in [0.5, 0.6) is 0 Å². The largest absolute Gasteiger partial charge is 0.459 e. The van der Waals surface area contributed by atoms with Crippen molar-refractivity contribution in [1.82, 2.24) is 16.0 Å². The van der Waals surface area contributed by atoms with Crippen molar-refractivity contribution in [3.8, 4) is 0 Å². The molecule has 0 unspecified atom stereocenters. The molecule has 0 aliphatic carbocycles. The molecule has 0 saturated heterocycles. The van der Waals surface area contributed by atoms with Gasteiger partial charge in [-0.05, 0) is 75.5 Å². The fraction of sp³-hybridized carbons (Fsp3) is 0.857. The first kappa shape index (κ1) is 42.3. The van der Waals surface area contributed by atoms with Crippen LogP contribution in [0.2, 0.25) is 0 Å². The SMILES string of the molecule is CC(C)[C@H](NC(=O)CCCCC(C)(C)OC(=O)C(CC(C)(C)C)CC(C)(C)C)C(=O)N[C@@H](CCCNC(N)=O)C(=O)C(C)(C)C. The number of esters is 1. The Morgan fingerprint density at radius 3 is 1.73 bits per heavy atom. The first-order chi connectivity index (χ1) is 20.2. The van der Waals surface area contributed by atoms with E-state index in [1.807, 2.05) is 27.7 Å². The standard InChI is InChI=1S/C35H66N4O6/c1-23(2)27(29(42)38-25(28(41)34(9,10)11)17-16-20-37-31(36)44)39-26(40)18-14-15-19-35(12,13)45-30(43)24(21-32(3,4)5)22-33(6,7)8/h23-25,27H,14-22H2,1-13H3,(H,38,42)(H,39,40)(H3,36,37,44)/t25-,27-/m0/s1. The molecule has 0 aromatic rings. The molecule has 45 heavy (non-hydrogen) atoms. The highest BCUT2D eigenvalue weighted by molar-refractivity contribution is 5.95. The quantitative estimate of drug-likeness (QED) is 0.106. The van der Waals surface area contributed by atoms with Gasteiger partial charge in [0.1, 0.15) is 11.6 Å². The summed E-state index contributed by atoms with van der Waals surface area (Å²) in [5.74, 6) is -1.35. The van der Waals surface area contributed by atoms with E-state index in [-0.39, 0.29) is 53.3 Å². The second-order valence-electron chi connectivity index (χ2n) is 17.0. The molecule has 10 nitrogen and oxygen atoms in total. The molecule has 0 rings (SSSR count). The van der Waals surface area contributed by atoms with Gasteiger partial charge in [0.2, 0.25) is 11.8 Å². The van der Waals surface area contributed by atoms with E-state index >= 15 is 0 Å². The predicted octanol–water partition coefficient (Wildman–Crippen LogP) is 6.05. The van der Waals surface area contributed by atoms with Crippen LogP contribution in [0.3, 0.4) is 0 Å². The van der Waals surface area contributed by atoms with Crippen LogP contribution in [-0.4, -0.2) is 53.8 Å². The summed E-state index contributed by atoms with van der Waals surface area (Å²) in [7, 11) is 0. The van der Waals surface area contributed by atoms with Gasteiger partial charge in [-0.3, -0.25) is 19.2 Å². The van der Waals surface area contributed by atoms with Crippen molar-refractivity contribution in [2.45, 2.75) is 159 Å². The summed E-state index contributed by atoms with van der Waals surface area (Å²) >= 11 is 0. The maximum Gasteiger partial charge on any atom is 0.312 e. The lowest BCUT2D eigenvalue weighted by atomic mass is 9.77. The van der Waals surface area contributed by atoms with E-state index in [0.717, 1.165) is 12.8 Å². The molecule has 0 bridgehead atoms. The van der Waals surface area contributed by atoms with Gasteiger partial charge in [-0.25, -0.2) is 4.79 Å². The van der Waals surface area contributed by atoms with E-state index in [1.54, 1.807) is 20.8 Å². The number of hydrogen-bond donors (Lipinski definition) is 4. The van der Waals surface area contributed by atoms with Crippen LogP contribution in [0.1, 0.15) is 141 Å². The van der Waals surface area contributed by atoms with Gasteiger partial charge in [-0.15, -0.1) is 0 Å². The lowest BCUT2D eigenvalue weighted by Crippen LogP contribution is -2.55. The molecule has 5 N–H and O–H groups in total. The fourth-order valence-electron chi connectivity index (χ4n) is 5.31. The highest BCUT2D eigenvalue weighted by atomic mass is 16.6. The highest BCUT2D eigenvalue weighted by Crippen LogP contribution is 2.35. The zero-order valence-electron chi connectivity index (χ0n) is 30.7. The number of carbonyl (C=O) groups is 5. The summed E-state index contributed by atoms with van der Waals surface area (Å²) in [4.78, 5) is 63.4. The van der Waals surface area contributed by atoms with E-state index < -0.39 is 35.0 Å². The molecule has 0 radical (unpaired) electrons. The molecule has 2 atom stereocenters. The number of amides is 4. The number of nitrogens with two attached hydrogens (primary N) is 1. The maximum absolute atomic E-state index is 13.3. The molecule has 0 aliphatic rings. The molecule has 0 fully saturated rings. The monoisotopic (exact) mass is 638 g/mol. The molecule has 0 spiro atoms. The number of ether oxygens (including phenoxy) is 1. The van der Waals surface area contributed by atoms with Gasteiger partial charge in [0.15, 0.2) is 5.78 Å². The Labute approximate surface area is 273 Å². The molecule has 10 heteroatoms. The number of carbonyl (C=O) groups excluding carboxylic acids is 5. The third kappa shape index (κ3) is 19.5. The van der Waals surface area contributed by atoms with Crippen LogP contribution in [-0.2, 0) is 23.9 Å². The van der Waals surface area contributed by atoms with Crippen LogP contribution < -0.4 is 21.7 Å². The lowest BCUT2D eigenvalue weighted by molar-refractivity contribution is -0.164. The minimum absolute atomic E-state index is 0.00378. The number of Topliss-reactive ketones (excluding diaryl/α,β-unsaturated/α-hetero) is 1. The molecule has 0 heterocycles. The van der Waals surface area contributed by atoms with E-state index in [9.17, 15) is 24.0 Å². The number of nitrogens with one attached hydrogen (secondary N) is 3. The van der Waals surface area contributed by atoms with Crippen molar-refractivity contribution in [2.24, 2.45) is 33.8 Å². The number of urea groups is 1. The summed E-state index contributed by atoms with van der Waals surface area (Å²) in [6.45, 7) is 26.0. The predicted molar refractivity (Wildman–Crippen MR) is 180 cm³/mol. The third-order valence-electron chi connectivity index (χ3n) is 7.47. The van der Waals surface area contributed by atoms with E-state index in [4.69, 9.17) is 10.5 Å². The number of unbranched alkanes of at least 4 members (excludes halogenated alkanes) is 1. The van der Waals surface area contributed by atoms with E-state index in [2.05, 4.69) is 57.5 Å². The summed E-state index contributed by atoms with van der Waals surface area (Å²) in [6, 6.07) is -2.22. The Bertz CT molecular complexity index is 970. The molecular weight excluding hydrogens is 572 g/mol. The van der Waals surface area contributed by atoms with Crippen molar-refractivity contribution in [1.29, 1.82) is 0 Å². The van der Waals surface area contributed by atoms with Crippen molar-refractivity contribution in [3.63, 3.8) is 0 Å². The summed E-state index contributed by atoms with van der Waals surface area (Å²) in [5, 5.41) is 8.19. The first-order valence-corrected chi connectivity index (χ1v) is 16.6. The Balaban J connectivity index is 5.14. The van der Waals surface area contributed by atoms with Crippen molar-refractivity contribution in [2.75, 3.05) is 6.54 Å². The van der Waals surface area contributed by atoms with E-state index in [0.29, 0.717) is 32.1 Å². The normalized spacial score (nSPS) is 14.1. The third-order valence-corrected chi connectivity index (χ3v) is 7.47. The average molecular weight is 639 g/mol. The van der Waals surface area contributed by atoms with Gasteiger partial charge in [-0.1, -0.05) is 76.2 Å². The molecule has 0 saturated carbocycles. The Kier molecular flexibility index (Phi) is 16.8. The van der Waals surface area contributed by atoms with Crippen LogP contribution >= 0.6 is 0 Å². The van der Waals surface area contributed by atoms with Crippen molar-refractivity contribution >= 4 is 29.6 Å². The minimum Gasteiger partial charge on any atom is -0.459 e. The Morgan fingerprint density at radius 1 is 0.756 bits per heavy atom. The van der Waals surface area contributed by atoms with Crippen LogP contribution in [0.15, 0.2) is 0 Å². The van der Waals surface area contributed by atoms with Crippen molar-refractivity contribution in [3.05, 3.63) is 0 Å². The van der Waals surface area contributed by atoms with Gasteiger partial charge in [0.25, 0.3) is 0 Å². The molecule has 262 valence electrons. The molecule has 0 aromatic carbocycles. The van der Waals surface area contributed by atoms with Crippen molar-refractivity contribution < 1.29 is 28.7 Å². The highest BCUT2D eigenvalue weighted by Gasteiger charge is 2.35. The van der Waals surface area contributed by atoms with Gasteiger partial charge >= 0.3 is 12.0 Å². The zero-order valence-corrected chi connectivity index (χ0v) is 30.7. The Hall–Kier alpha value is -2.65. The minimum atomic E-state index is -0.809. The van der Waals surface area contributed by atoms with Gasteiger partial charge in [0, 0.05) is 18.4 Å². The smallest absolute Gasteiger partial charge is 0.312 e. The maximum atomic E-state index is 13.3. The summed E-state index contributed by atoms with van der Waals surface area (Å²) < 4.78 is 6.01. The topological polar surface area (TPSA) is 157 Å². The molecular formula is C35H66N4O6. The fourth-order valence-corrected chi connectivity index (χ4v) is 5.31. The van der Waals surface area contributed by atoms with Gasteiger partial charge in [-0.2, -0.15) is 0 Å². The van der Waals surface area contributed by atoms with Gasteiger partial charge in [0.05, 0.1) is 12.0 Å². The first-order valence-electron chi connectivity index (χ1n) is 16.6. The number of hydrogen-bond acceptors (Lipinski definition) is 6. The Morgan fingerprint density at radius 2 is 1.29 bits per heavy atom. The summed E-state index contributed by atoms with van der Waals surface area (Å²) in [6.07, 6.45) is 4.37. The molecule has 0 aromatic heterocycles. The molecule has 4 amide bonds. The van der Waals surface area contributed by atoms with Gasteiger partial charge < -0.3 is 26.4 Å². The number of rotatable bonds is 18. The van der Waals surface area contributed by atoms with E-state index in [1.165, 1.54) is 0 Å². The number of primary amides is 1. The molecule has 0 aliphatic heterocycles. The summed E-state index contributed by atoms with van der Waals surface area (Å²) in [5.41, 5.74) is 3.78. The zero-order chi connectivity index (χ0) is 35.4. The van der Waals surface area contributed by atoms with Crippen LogP contribution in [0, 0.1) is 28.1 Å². The van der Waals surface area contributed by atoms with Crippen LogP contribution in [0.25, 0.3) is 0 Å². The second-order valence-corrected chi connectivity index (χ2v) is 17.0.